The number of anilines is 2. The molecule has 2 aromatic carbocycles. The van der Waals surface area contributed by atoms with E-state index in [1.807, 2.05) is 42.5 Å². The van der Waals surface area contributed by atoms with Crippen LogP contribution in [0.4, 0.5) is 16.2 Å². The fourth-order valence-electron chi connectivity index (χ4n) is 2.96. The van der Waals surface area contributed by atoms with Gasteiger partial charge >= 0.3 is 6.03 Å². The van der Waals surface area contributed by atoms with Gasteiger partial charge in [0.25, 0.3) is 0 Å². The Morgan fingerprint density at radius 2 is 2.04 bits per heavy atom. The molecule has 0 aliphatic carbocycles. The van der Waals surface area contributed by atoms with E-state index in [0.717, 1.165) is 24.2 Å². The molecule has 3 N–H and O–H groups in total. The quantitative estimate of drug-likeness (QED) is 0.792. The molecular weight excluding hydrogens is 302 g/mol. The summed E-state index contributed by atoms with van der Waals surface area (Å²) >= 11 is 0. The minimum Gasteiger partial charge on any atom is -0.388 e. The Morgan fingerprint density at radius 3 is 2.83 bits per heavy atom. The van der Waals surface area contributed by atoms with Crippen molar-refractivity contribution >= 4 is 17.4 Å². The molecule has 1 aliphatic heterocycles. The predicted molar refractivity (Wildman–Crippen MR) is 96.5 cm³/mol. The molecule has 1 unspecified atom stereocenters. The summed E-state index contributed by atoms with van der Waals surface area (Å²) in [6.07, 6.45) is 0.959. The lowest BCUT2D eigenvalue weighted by atomic mass is 10.1. The van der Waals surface area contributed by atoms with E-state index in [1.165, 1.54) is 11.3 Å². The van der Waals surface area contributed by atoms with E-state index in [0.29, 0.717) is 13.0 Å². The van der Waals surface area contributed by atoms with Crippen molar-refractivity contribution in [3.8, 4) is 0 Å². The van der Waals surface area contributed by atoms with Crippen LogP contribution in [0.1, 0.15) is 23.7 Å². The van der Waals surface area contributed by atoms with Crippen LogP contribution in [-0.4, -0.2) is 31.3 Å². The largest absolute Gasteiger partial charge is 0.388 e. The van der Waals surface area contributed by atoms with Gasteiger partial charge in [0.15, 0.2) is 0 Å². The Kier molecular flexibility index (Phi) is 5.01. The van der Waals surface area contributed by atoms with Crippen LogP contribution >= 0.6 is 0 Å². The Bertz CT molecular complexity index is 703. The molecule has 0 aromatic heterocycles. The van der Waals surface area contributed by atoms with Gasteiger partial charge in [-0.15, -0.1) is 0 Å². The number of aliphatic hydroxyl groups excluding tert-OH is 1. The van der Waals surface area contributed by atoms with Crippen LogP contribution in [0.25, 0.3) is 0 Å². The van der Waals surface area contributed by atoms with Crippen molar-refractivity contribution in [1.29, 1.82) is 0 Å². The van der Waals surface area contributed by atoms with E-state index in [9.17, 15) is 9.90 Å². The van der Waals surface area contributed by atoms with Gasteiger partial charge in [0, 0.05) is 31.5 Å². The molecule has 5 nitrogen and oxygen atoms in total. The van der Waals surface area contributed by atoms with E-state index >= 15 is 0 Å². The average Bonchev–Trinajstić information content (AvgIpc) is 2.96. The van der Waals surface area contributed by atoms with Crippen molar-refractivity contribution in [1.82, 2.24) is 5.32 Å². The minimum atomic E-state index is -0.569. The number of benzene rings is 2. The number of nitrogens with one attached hydrogen (secondary N) is 2. The molecule has 3 rings (SSSR count). The summed E-state index contributed by atoms with van der Waals surface area (Å²) in [7, 11) is 2.06. The van der Waals surface area contributed by atoms with Gasteiger partial charge in [-0.3, -0.25) is 0 Å². The van der Waals surface area contributed by atoms with Gasteiger partial charge in [-0.05, 0) is 36.1 Å². The van der Waals surface area contributed by atoms with Crippen LogP contribution in [0.3, 0.4) is 0 Å². The van der Waals surface area contributed by atoms with Crippen molar-refractivity contribution in [3.05, 3.63) is 59.7 Å². The number of nitrogens with zero attached hydrogens (tertiary/aromatic N) is 1. The zero-order valence-electron chi connectivity index (χ0n) is 13.8. The molecule has 5 heteroatoms. The highest BCUT2D eigenvalue weighted by Gasteiger charge is 2.16. The molecule has 0 fully saturated rings. The zero-order chi connectivity index (χ0) is 16.9. The number of likely N-dealkylation sites (N-methyl/N-ethyl adjacent to an activating group) is 1. The van der Waals surface area contributed by atoms with E-state index in [4.69, 9.17) is 0 Å². The normalized spacial score (nSPS) is 14.2. The number of aliphatic hydroxyl groups is 1. The minimum absolute atomic E-state index is 0.254. The molecule has 0 spiro atoms. The molecule has 1 heterocycles. The molecule has 24 heavy (non-hydrogen) atoms. The molecular formula is C19H23N3O2. The van der Waals surface area contributed by atoms with Gasteiger partial charge in [-0.1, -0.05) is 36.4 Å². The first-order valence-corrected chi connectivity index (χ1v) is 8.25. The van der Waals surface area contributed by atoms with Crippen molar-refractivity contribution in [2.24, 2.45) is 0 Å². The third-order valence-corrected chi connectivity index (χ3v) is 4.36. The lowest BCUT2D eigenvalue weighted by molar-refractivity contribution is 0.167. The highest BCUT2D eigenvalue weighted by molar-refractivity contribution is 5.90. The summed E-state index contributed by atoms with van der Waals surface area (Å²) in [4.78, 5) is 14.2. The average molecular weight is 325 g/mol. The fraction of sp³-hybridized carbons (Fsp3) is 0.316. The molecule has 0 bridgehead atoms. The second-order valence-corrected chi connectivity index (χ2v) is 6.11. The number of carbonyl (C=O) groups is 1. The molecule has 2 amide bonds. The number of hydrogen-bond donors (Lipinski definition) is 3. The topological polar surface area (TPSA) is 64.6 Å². The number of hydrogen-bond acceptors (Lipinski definition) is 3. The highest BCUT2D eigenvalue weighted by Crippen LogP contribution is 2.29. The molecule has 126 valence electrons. The van der Waals surface area contributed by atoms with Crippen LogP contribution in [0.5, 0.6) is 0 Å². The molecule has 0 saturated carbocycles. The molecule has 1 aliphatic rings. The Labute approximate surface area is 142 Å². The second kappa shape index (κ2) is 7.36. The van der Waals surface area contributed by atoms with Gasteiger partial charge in [-0.25, -0.2) is 4.79 Å². The maximum atomic E-state index is 12.0. The molecule has 1 atom stereocenters. The summed E-state index contributed by atoms with van der Waals surface area (Å²) in [6, 6.07) is 15.2. The Balaban J connectivity index is 1.47. The smallest absolute Gasteiger partial charge is 0.319 e. The van der Waals surface area contributed by atoms with Crippen molar-refractivity contribution < 1.29 is 9.90 Å². The zero-order valence-corrected chi connectivity index (χ0v) is 13.8. The van der Waals surface area contributed by atoms with Crippen LogP contribution in [-0.2, 0) is 6.42 Å². The van der Waals surface area contributed by atoms with Crippen LogP contribution in [0, 0.1) is 0 Å². The summed E-state index contributed by atoms with van der Waals surface area (Å²) in [5, 5.41) is 15.7. The third-order valence-electron chi connectivity index (χ3n) is 4.36. The summed E-state index contributed by atoms with van der Waals surface area (Å²) in [6.45, 7) is 1.43. The predicted octanol–water partition coefficient (Wildman–Crippen LogP) is 2.92. The van der Waals surface area contributed by atoms with Crippen molar-refractivity contribution in [2.45, 2.75) is 18.9 Å². The number of rotatable bonds is 5. The summed E-state index contributed by atoms with van der Waals surface area (Å²) in [5.74, 6) is 0. The maximum absolute atomic E-state index is 12.0. The Morgan fingerprint density at radius 1 is 1.25 bits per heavy atom. The van der Waals surface area contributed by atoms with Gasteiger partial charge in [-0.2, -0.15) is 0 Å². The number of fused-ring (bicyclic) bond motifs is 1. The monoisotopic (exact) mass is 325 g/mol. The van der Waals surface area contributed by atoms with Gasteiger partial charge in [0.05, 0.1) is 6.10 Å². The Hall–Kier alpha value is -2.53. The van der Waals surface area contributed by atoms with E-state index in [1.54, 1.807) is 0 Å². The lowest BCUT2D eigenvalue weighted by Crippen LogP contribution is -2.30. The molecule has 0 radical (unpaired) electrons. The van der Waals surface area contributed by atoms with Gasteiger partial charge in [0.1, 0.15) is 0 Å². The van der Waals surface area contributed by atoms with Crippen LogP contribution in [0.2, 0.25) is 0 Å². The van der Waals surface area contributed by atoms with E-state index in [2.05, 4.69) is 28.6 Å². The standard InChI is InChI=1S/C19H23N3O2/c1-22-12-10-14-7-8-16(13-17(14)22)21-19(24)20-11-9-18(23)15-5-3-2-4-6-15/h2-8,13,18,23H,9-12H2,1H3,(H2,20,21,24). The van der Waals surface area contributed by atoms with E-state index in [-0.39, 0.29) is 6.03 Å². The SMILES string of the molecule is CN1CCc2ccc(NC(=O)NCCC(O)c3ccccc3)cc21. The first-order valence-electron chi connectivity index (χ1n) is 8.25. The second-order valence-electron chi connectivity index (χ2n) is 6.11. The first-order chi connectivity index (χ1) is 11.6. The third kappa shape index (κ3) is 3.86. The van der Waals surface area contributed by atoms with Crippen molar-refractivity contribution in [3.63, 3.8) is 0 Å². The number of urea groups is 1. The van der Waals surface area contributed by atoms with E-state index < -0.39 is 6.10 Å². The van der Waals surface area contributed by atoms with Crippen LogP contribution in [0.15, 0.2) is 48.5 Å². The number of amides is 2. The van der Waals surface area contributed by atoms with Crippen LogP contribution < -0.4 is 15.5 Å². The summed E-state index contributed by atoms with van der Waals surface area (Å²) < 4.78 is 0. The molecule has 2 aromatic rings. The lowest BCUT2D eigenvalue weighted by Gasteiger charge is -2.14. The molecule has 0 saturated heterocycles. The number of carbonyl (C=O) groups excluding carboxylic acids is 1. The van der Waals surface area contributed by atoms with Gasteiger partial charge in [0.2, 0.25) is 0 Å². The van der Waals surface area contributed by atoms with Crippen molar-refractivity contribution in [2.75, 3.05) is 30.4 Å². The highest BCUT2D eigenvalue weighted by atomic mass is 16.3. The fourth-order valence-corrected chi connectivity index (χ4v) is 2.96. The maximum Gasteiger partial charge on any atom is 0.319 e. The first kappa shape index (κ1) is 16.3. The summed E-state index contributed by atoms with van der Waals surface area (Å²) in [5.41, 5.74) is 4.13. The van der Waals surface area contributed by atoms with Gasteiger partial charge < -0.3 is 20.6 Å².